The maximum atomic E-state index is 13.8. The Morgan fingerprint density at radius 2 is 1.81 bits per heavy atom. The molecule has 0 spiro atoms. The second-order valence-corrected chi connectivity index (χ2v) is 7.95. The van der Waals surface area contributed by atoms with Crippen LogP contribution in [0.4, 0.5) is 4.39 Å². The number of aliphatic carboxylic acids is 1. The van der Waals surface area contributed by atoms with E-state index in [-0.39, 0.29) is 12.3 Å². The lowest BCUT2D eigenvalue weighted by Crippen LogP contribution is -2.49. The maximum absolute atomic E-state index is 13.8. The van der Waals surface area contributed by atoms with Gasteiger partial charge in [-0.3, -0.25) is 9.59 Å². The fraction of sp³-hybridized carbons (Fsp3) is 0.529. The van der Waals surface area contributed by atoms with E-state index < -0.39 is 38.7 Å². The molecule has 0 aromatic heterocycles. The van der Waals surface area contributed by atoms with E-state index in [9.17, 15) is 22.4 Å². The molecule has 0 fully saturated rings. The second-order valence-electron chi connectivity index (χ2n) is 6.27. The van der Waals surface area contributed by atoms with Crippen LogP contribution in [0, 0.1) is 11.7 Å². The third kappa shape index (κ3) is 7.09. The van der Waals surface area contributed by atoms with Gasteiger partial charge in [-0.1, -0.05) is 32.4 Å². The predicted octanol–water partition coefficient (Wildman–Crippen LogP) is 1.89. The van der Waals surface area contributed by atoms with Crippen LogP contribution in [-0.2, 0) is 19.6 Å². The van der Waals surface area contributed by atoms with E-state index in [1.165, 1.54) is 12.1 Å². The lowest BCUT2D eigenvalue weighted by molar-refractivity contribution is -0.137. The summed E-state index contributed by atoms with van der Waals surface area (Å²) in [5.74, 6) is -2.60. The number of carbonyl (C=O) groups is 2. The molecule has 0 radical (unpaired) electrons. The highest BCUT2D eigenvalue weighted by Crippen LogP contribution is 2.15. The molecule has 146 valence electrons. The molecule has 0 aliphatic rings. The smallest absolute Gasteiger partial charge is 0.303 e. The van der Waals surface area contributed by atoms with Crippen LogP contribution in [0.25, 0.3) is 0 Å². The highest BCUT2D eigenvalue weighted by atomic mass is 32.2. The summed E-state index contributed by atoms with van der Waals surface area (Å²) in [4.78, 5) is 22.2. The first-order chi connectivity index (χ1) is 12.1. The molecule has 3 N–H and O–H groups in total. The monoisotopic (exact) mass is 388 g/mol. The van der Waals surface area contributed by atoms with Crippen molar-refractivity contribution in [1.82, 2.24) is 10.0 Å². The lowest BCUT2D eigenvalue weighted by Gasteiger charge is -2.21. The van der Waals surface area contributed by atoms with Gasteiger partial charge in [-0.25, -0.2) is 12.8 Å². The largest absolute Gasteiger partial charge is 0.481 e. The van der Waals surface area contributed by atoms with Crippen LogP contribution in [0.5, 0.6) is 0 Å². The van der Waals surface area contributed by atoms with E-state index in [1.54, 1.807) is 13.8 Å². The Morgan fingerprint density at radius 1 is 1.15 bits per heavy atom. The van der Waals surface area contributed by atoms with Crippen molar-refractivity contribution in [3.05, 3.63) is 30.1 Å². The van der Waals surface area contributed by atoms with Gasteiger partial charge in [-0.2, -0.15) is 4.72 Å². The van der Waals surface area contributed by atoms with Crippen molar-refractivity contribution in [2.45, 2.75) is 50.5 Å². The number of carboxylic acids is 1. The summed E-state index contributed by atoms with van der Waals surface area (Å²) in [5.41, 5.74) is 0. The van der Waals surface area contributed by atoms with Gasteiger partial charge in [0.05, 0.1) is 0 Å². The molecular formula is C17H25FN2O5S. The van der Waals surface area contributed by atoms with Gasteiger partial charge < -0.3 is 10.4 Å². The van der Waals surface area contributed by atoms with Crippen molar-refractivity contribution in [3.63, 3.8) is 0 Å². The van der Waals surface area contributed by atoms with Gasteiger partial charge in [0.25, 0.3) is 0 Å². The van der Waals surface area contributed by atoms with Crippen LogP contribution in [-0.4, -0.2) is 38.0 Å². The van der Waals surface area contributed by atoms with Crippen molar-refractivity contribution in [3.8, 4) is 0 Å². The van der Waals surface area contributed by atoms with Gasteiger partial charge in [-0.15, -0.1) is 0 Å². The third-order valence-electron chi connectivity index (χ3n) is 3.72. The van der Waals surface area contributed by atoms with E-state index in [4.69, 9.17) is 5.11 Å². The number of halogens is 1. The molecule has 1 aromatic carbocycles. The van der Waals surface area contributed by atoms with Crippen LogP contribution in [0.2, 0.25) is 0 Å². The average Bonchev–Trinajstić information content (AvgIpc) is 2.55. The molecule has 26 heavy (non-hydrogen) atoms. The Bertz CT molecular complexity index is 722. The number of unbranched alkanes of at least 4 members (excludes halogenated alkanes) is 2. The zero-order valence-electron chi connectivity index (χ0n) is 14.9. The molecule has 0 saturated carbocycles. The highest BCUT2D eigenvalue weighted by molar-refractivity contribution is 7.89. The first kappa shape index (κ1) is 22.0. The molecule has 1 atom stereocenters. The van der Waals surface area contributed by atoms with E-state index in [0.29, 0.717) is 25.8 Å². The number of rotatable bonds is 11. The average molecular weight is 388 g/mol. The fourth-order valence-electron chi connectivity index (χ4n) is 2.29. The van der Waals surface area contributed by atoms with Crippen LogP contribution >= 0.6 is 0 Å². The zero-order chi connectivity index (χ0) is 19.7. The number of hydrogen-bond acceptors (Lipinski definition) is 4. The minimum atomic E-state index is -4.18. The molecule has 0 saturated heterocycles. The summed E-state index contributed by atoms with van der Waals surface area (Å²) in [6.45, 7) is 3.67. The predicted molar refractivity (Wildman–Crippen MR) is 94.5 cm³/mol. The molecule has 9 heteroatoms. The topological polar surface area (TPSA) is 113 Å². The number of sulfonamides is 1. The second kappa shape index (κ2) is 10.2. The Balaban J connectivity index is 2.64. The minimum Gasteiger partial charge on any atom is -0.481 e. The Morgan fingerprint density at radius 3 is 2.38 bits per heavy atom. The number of amides is 1. The molecule has 1 unspecified atom stereocenters. The maximum Gasteiger partial charge on any atom is 0.303 e. The van der Waals surface area contributed by atoms with Crippen molar-refractivity contribution in [1.29, 1.82) is 0 Å². The van der Waals surface area contributed by atoms with Gasteiger partial charge in [0.2, 0.25) is 15.9 Å². The van der Waals surface area contributed by atoms with Crippen LogP contribution in [0.3, 0.4) is 0 Å². The van der Waals surface area contributed by atoms with Crippen LogP contribution in [0.1, 0.15) is 39.5 Å². The standard InChI is InChI=1S/C17H25FN2O5S/c1-12(2)16(17(23)19-11-7-3-4-10-15(21)22)20-26(24,25)14-9-6-5-8-13(14)18/h5-6,8-9,12,16,20H,3-4,7,10-11H2,1-2H3,(H,19,23)(H,21,22). The number of carboxylic acid groups (broad SMARTS) is 1. The summed E-state index contributed by atoms with van der Waals surface area (Å²) in [5, 5.41) is 11.2. The molecule has 0 heterocycles. The normalized spacial score (nSPS) is 12.8. The Hall–Kier alpha value is -2.00. The quantitative estimate of drug-likeness (QED) is 0.501. The molecule has 1 amide bonds. The molecule has 0 bridgehead atoms. The molecule has 7 nitrogen and oxygen atoms in total. The number of nitrogens with one attached hydrogen (secondary N) is 2. The SMILES string of the molecule is CC(C)C(NS(=O)(=O)c1ccccc1F)C(=O)NCCCCCC(=O)O. The van der Waals surface area contributed by atoms with Gasteiger partial charge in [0, 0.05) is 13.0 Å². The first-order valence-corrected chi connectivity index (χ1v) is 9.90. The minimum absolute atomic E-state index is 0.0744. The summed E-state index contributed by atoms with van der Waals surface area (Å²) >= 11 is 0. The summed E-state index contributed by atoms with van der Waals surface area (Å²) in [6.07, 6.45) is 1.81. The summed E-state index contributed by atoms with van der Waals surface area (Å²) in [6, 6.07) is 3.91. The molecule has 0 aliphatic heterocycles. The van der Waals surface area contributed by atoms with Crippen LogP contribution in [0.15, 0.2) is 29.2 Å². The molecule has 0 aliphatic carbocycles. The van der Waals surface area contributed by atoms with E-state index in [2.05, 4.69) is 10.0 Å². The van der Waals surface area contributed by atoms with Gasteiger partial charge in [0.15, 0.2) is 0 Å². The van der Waals surface area contributed by atoms with Crippen molar-refractivity contribution < 1.29 is 27.5 Å². The highest BCUT2D eigenvalue weighted by Gasteiger charge is 2.29. The summed E-state index contributed by atoms with van der Waals surface area (Å²) in [7, 11) is -4.18. The first-order valence-electron chi connectivity index (χ1n) is 8.41. The molecule has 1 rings (SSSR count). The molecule has 1 aromatic rings. The van der Waals surface area contributed by atoms with Crippen LogP contribution < -0.4 is 10.0 Å². The van der Waals surface area contributed by atoms with E-state index in [0.717, 1.165) is 12.1 Å². The number of benzene rings is 1. The number of carbonyl (C=O) groups excluding carboxylic acids is 1. The van der Waals surface area contributed by atoms with E-state index >= 15 is 0 Å². The van der Waals surface area contributed by atoms with Gasteiger partial charge in [0.1, 0.15) is 16.8 Å². The lowest BCUT2D eigenvalue weighted by atomic mass is 10.0. The van der Waals surface area contributed by atoms with Crippen molar-refractivity contribution in [2.75, 3.05) is 6.54 Å². The fourth-order valence-corrected chi connectivity index (χ4v) is 3.71. The van der Waals surface area contributed by atoms with Crippen molar-refractivity contribution in [2.24, 2.45) is 5.92 Å². The molecular weight excluding hydrogens is 363 g/mol. The van der Waals surface area contributed by atoms with Gasteiger partial charge >= 0.3 is 5.97 Å². The van der Waals surface area contributed by atoms with Crippen molar-refractivity contribution >= 4 is 21.9 Å². The Labute approximate surface area is 153 Å². The number of hydrogen-bond donors (Lipinski definition) is 3. The summed E-state index contributed by atoms with van der Waals surface area (Å²) < 4.78 is 40.7. The van der Waals surface area contributed by atoms with Gasteiger partial charge in [-0.05, 0) is 30.9 Å². The Kier molecular flexibility index (Phi) is 8.67. The zero-order valence-corrected chi connectivity index (χ0v) is 15.7. The third-order valence-corrected chi connectivity index (χ3v) is 5.20. The van der Waals surface area contributed by atoms with E-state index in [1.807, 2.05) is 0 Å².